The van der Waals surface area contributed by atoms with E-state index in [9.17, 15) is 4.79 Å². The first-order chi connectivity index (χ1) is 7.13. The Morgan fingerprint density at radius 3 is 2.87 bits per heavy atom. The van der Waals surface area contributed by atoms with Crippen LogP contribution < -0.4 is 11.1 Å². The minimum Gasteiger partial charge on any atom is -0.330 e. The van der Waals surface area contributed by atoms with E-state index < -0.39 is 0 Å². The zero-order valence-corrected chi connectivity index (χ0v) is 9.47. The Hall–Kier alpha value is -1.06. The lowest BCUT2D eigenvalue weighted by Crippen LogP contribution is -2.09. The van der Waals surface area contributed by atoms with Gasteiger partial charge in [-0.25, -0.2) is 0 Å². The smallest absolute Gasteiger partial charge is 0.221 e. The zero-order chi connectivity index (χ0) is 11.3. The highest BCUT2D eigenvalue weighted by atomic mass is 35.5. The highest BCUT2D eigenvalue weighted by Gasteiger charge is 2.04. The number of carbonyl (C=O) groups excluding carboxylic acids is 1. The van der Waals surface area contributed by atoms with E-state index in [-0.39, 0.29) is 5.91 Å². The quantitative estimate of drug-likeness (QED) is 0.827. The Balaban J connectivity index is 2.87. The van der Waals surface area contributed by atoms with E-state index in [0.717, 1.165) is 24.1 Å². The summed E-state index contributed by atoms with van der Waals surface area (Å²) in [5.41, 5.74) is 7.29. The maximum atomic E-state index is 11.0. The fraction of sp³-hybridized carbons (Fsp3) is 0.364. The average molecular weight is 227 g/mol. The van der Waals surface area contributed by atoms with E-state index in [2.05, 4.69) is 5.32 Å². The summed E-state index contributed by atoms with van der Waals surface area (Å²) in [6.07, 6.45) is 1.75. The van der Waals surface area contributed by atoms with Gasteiger partial charge in [0.2, 0.25) is 5.91 Å². The third-order valence-electron chi connectivity index (χ3n) is 2.03. The molecule has 0 radical (unpaired) electrons. The van der Waals surface area contributed by atoms with E-state index in [0.29, 0.717) is 11.6 Å². The first kappa shape index (κ1) is 12.0. The summed E-state index contributed by atoms with van der Waals surface area (Å²) in [6, 6.07) is 5.50. The summed E-state index contributed by atoms with van der Waals surface area (Å²) in [4.78, 5) is 11.0. The van der Waals surface area contributed by atoms with Gasteiger partial charge in [-0.3, -0.25) is 4.79 Å². The van der Waals surface area contributed by atoms with Crippen molar-refractivity contribution in [2.75, 3.05) is 11.9 Å². The van der Waals surface area contributed by atoms with Crippen LogP contribution in [0.15, 0.2) is 18.2 Å². The van der Waals surface area contributed by atoms with Crippen LogP contribution in [0.5, 0.6) is 0 Å². The summed E-state index contributed by atoms with van der Waals surface area (Å²) in [7, 11) is 0. The molecule has 4 heteroatoms. The molecule has 0 bridgehead atoms. The average Bonchev–Trinajstić information content (AvgIpc) is 2.16. The van der Waals surface area contributed by atoms with Gasteiger partial charge < -0.3 is 11.1 Å². The van der Waals surface area contributed by atoms with E-state index in [4.69, 9.17) is 17.3 Å². The van der Waals surface area contributed by atoms with Gasteiger partial charge in [0.05, 0.1) is 0 Å². The molecule has 0 atom stereocenters. The first-order valence-electron chi connectivity index (χ1n) is 4.89. The van der Waals surface area contributed by atoms with Crippen molar-refractivity contribution in [1.29, 1.82) is 0 Å². The number of aryl methyl sites for hydroxylation is 1. The van der Waals surface area contributed by atoms with Gasteiger partial charge in [0.1, 0.15) is 0 Å². The molecule has 0 aliphatic carbocycles. The maximum absolute atomic E-state index is 11.0. The number of nitrogens with two attached hydrogens (primary N) is 1. The number of hydrogen-bond donors (Lipinski definition) is 2. The number of benzene rings is 1. The second kappa shape index (κ2) is 5.73. The summed E-state index contributed by atoms with van der Waals surface area (Å²) >= 11 is 5.86. The Morgan fingerprint density at radius 1 is 1.53 bits per heavy atom. The van der Waals surface area contributed by atoms with E-state index in [1.165, 1.54) is 6.92 Å². The Kier molecular flexibility index (Phi) is 4.59. The molecule has 1 aromatic rings. The van der Waals surface area contributed by atoms with Gasteiger partial charge in [0.25, 0.3) is 0 Å². The second-order valence-electron chi connectivity index (χ2n) is 3.37. The molecule has 0 aromatic heterocycles. The summed E-state index contributed by atoms with van der Waals surface area (Å²) in [5.74, 6) is -0.0914. The minimum absolute atomic E-state index is 0.0914. The molecule has 1 amide bonds. The molecule has 0 fully saturated rings. The summed E-state index contributed by atoms with van der Waals surface area (Å²) < 4.78 is 0. The second-order valence-corrected chi connectivity index (χ2v) is 3.81. The molecule has 0 aliphatic rings. The van der Waals surface area contributed by atoms with Crippen LogP contribution in [0.4, 0.5) is 5.69 Å². The highest BCUT2D eigenvalue weighted by molar-refractivity contribution is 6.31. The van der Waals surface area contributed by atoms with Crippen molar-refractivity contribution in [1.82, 2.24) is 0 Å². The van der Waals surface area contributed by atoms with E-state index in [1.54, 1.807) is 6.07 Å². The zero-order valence-electron chi connectivity index (χ0n) is 8.72. The monoisotopic (exact) mass is 226 g/mol. The molecule has 1 aromatic carbocycles. The fourth-order valence-corrected chi connectivity index (χ4v) is 1.54. The van der Waals surface area contributed by atoms with Crippen molar-refractivity contribution in [3.63, 3.8) is 0 Å². The van der Waals surface area contributed by atoms with Gasteiger partial charge in [-0.15, -0.1) is 0 Å². The van der Waals surface area contributed by atoms with E-state index >= 15 is 0 Å². The molecule has 0 heterocycles. The third kappa shape index (κ3) is 3.90. The van der Waals surface area contributed by atoms with Gasteiger partial charge in [-0.2, -0.15) is 0 Å². The van der Waals surface area contributed by atoms with Crippen molar-refractivity contribution in [3.8, 4) is 0 Å². The van der Waals surface area contributed by atoms with Crippen molar-refractivity contribution in [2.45, 2.75) is 19.8 Å². The van der Waals surface area contributed by atoms with Crippen LogP contribution in [-0.4, -0.2) is 12.5 Å². The first-order valence-corrected chi connectivity index (χ1v) is 5.27. The molecule has 0 spiro atoms. The molecule has 0 unspecified atom stereocenters. The molecular formula is C11H15ClN2O. The minimum atomic E-state index is -0.0914. The van der Waals surface area contributed by atoms with Crippen LogP contribution >= 0.6 is 11.6 Å². The molecule has 3 nitrogen and oxygen atoms in total. The predicted molar refractivity (Wildman–Crippen MR) is 63.1 cm³/mol. The van der Waals surface area contributed by atoms with Gasteiger partial charge in [0, 0.05) is 17.6 Å². The SMILES string of the molecule is CC(=O)Nc1cc(Cl)ccc1CCCN. The lowest BCUT2D eigenvalue weighted by atomic mass is 10.1. The Morgan fingerprint density at radius 2 is 2.27 bits per heavy atom. The van der Waals surface area contributed by atoms with Gasteiger partial charge >= 0.3 is 0 Å². The Labute approximate surface area is 94.6 Å². The molecule has 82 valence electrons. The van der Waals surface area contributed by atoms with E-state index in [1.807, 2.05) is 12.1 Å². The van der Waals surface area contributed by atoms with Crippen LogP contribution in [0.1, 0.15) is 18.9 Å². The molecule has 0 saturated carbocycles. The molecular weight excluding hydrogens is 212 g/mol. The summed E-state index contributed by atoms with van der Waals surface area (Å²) in [5, 5.41) is 3.38. The number of rotatable bonds is 4. The number of carbonyl (C=O) groups is 1. The maximum Gasteiger partial charge on any atom is 0.221 e. The molecule has 0 aliphatic heterocycles. The van der Waals surface area contributed by atoms with Crippen molar-refractivity contribution in [2.24, 2.45) is 5.73 Å². The largest absolute Gasteiger partial charge is 0.330 e. The Bertz CT molecular complexity index is 352. The number of amides is 1. The predicted octanol–water partition coefficient (Wildman–Crippen LogP) is 2.19. The lowest BCUT2D eigenvalue weighted by Gasteiger charge is -2.09. The summed E-state index contributed by atoms with van der Waals surface area (Å²) in [6.45, 7) is 2.12. The number of hydrogen-bond acceptors (Lipinski definition) is 2. The molecule has 3 N–H and O–H groups in total. The van der Waals surface area contributed by atoms with Crippen LogP contribution in [0, 0.1) is 0 Å². The highest BCUT2D eigenvalue weighted by Crippen LogP contribution is 2.22. The molecule has 0 saturated heterocycles. The topological polar surface area (TPSA) is 55.1 Å². The van der Waals surface area contributed by atoms with Crippen molar-refractivity contribution in [3.05, 3.63) is 28.8 Å². The van der Waals surface area contributed by atoms with Crippen LogP contribution in [0.2, 0.25) is 5.02 Å². The fourth-order valence-electron chi connectivity index (χ4n) is 1.37. The molecule has 15 heavy (non-hydrogen) atoms. The van der Waals surface area contributed by atoms with Gasteiger partial charge in [-0.05, 0) is 37.1 Å². The number of nitrogens with one attached hydrogen (secondary N) is 1. The van der Waals surface area contributed by atoms with Crippen LogP contribution in [0.3, 0.4) is 0 Å². The number of halogens is 1. The lowest BCUT2D eigenvalue weighted by molar-refractivity contribution is -0.114. The molecule has 1 rings (SSSR count). The van der Waals surface area contributed by atoms with Crippen LogP contribution in [-0.2, 0) is 11.2 Å². The number of anilines is 1. The van der Waals surface area contributed by atoms with Crippen molar-refractivity contribution < 1.29 is 4.79 Å². The standard InChI is InChI=1S/C11H15ClN2O/c1-8(15)14-11-7-10(12)5-4-9(11)3-2-6-13/h4-5,7H,2-3,6,13H2,1H3,(H,14,15). The van der Waals surface area contributed by atoms with Crippen molar-refractivity contribution >= 4 is 23.2 Å². The van der Waals surface area contributed by atoms with Crippen LogP contribution in [0.25, 0.3) is 0 Å². The van der Waals surface area contributed by atoms with Gasteiger partial charge in [0.15, 0.2) is 0 Å². The van der Waals surface area contributed by atoms with Gasteiger partial charge in [-0.1, -0.05) is 17.7 Å². The third-order valence-corrected chi connectivity index (χ3v) is 2.27. The normalized spacial score (nSPS) is 10.1.